The van der Waals surface area contributed by atoms with E-state index in [9.17, 15) is 31.5 Å². The number of carbonyl (C=O) groups excluding carboxylic acids is 2. The molecule has 2 atom stereocenters. The average Bonchev–Trinajstić information content (AvgIpc) is 2.65. The average molecular weight is 462 g/mol. The number of benzene rings is 1. The molecule has 1 unspecified atom stereocenters. The maximum absolute atomic E-state index is 13.5. The molecule has 2 aliphatic rings. The van der Waals surface area contributed by atoms with E-state index >= 15 is 0 Å². The second-order valence-electron chi connectivity index (χ2n) is 9.41. The van der Waals surface area contributed by atoms with E-state index < -0.39 is 60.7 Å². The maximum atomic E-state index is 13.5. The largest absolute Gasteiger partial charge is 0.471 e. The lowest BCUT2D eigenvalue weighted by Gasteiger charge is -2.50. The Labute approximate surface area is 183 Å². The molecule has 1 heterocycles. The van der Waals surface area contributed by atoms with E-state index in [0.717, 1.165) is 0 Å². The predicted molar refractivity (Wildman–Crippen MR) is 106 cm³/mol. The normalized spacial score (nSPS) is 23.9. The highest BCUT2D eigenvalue weighted by Gasteiger charge is 2.56. The third-order valence-corrected chi connectivity index (χ3v) is 5.72. The quantitative estimate of drug-likeness (QED) is 0.572. The highest BCUT2D eigenvalue weighted by Crippen LogP contribution is 2.45. The molecule has 3 rings (SSSR count). The third-order valence-electron chi connectivity index (χ3n) is 5.72. The standard InChI is InChI=1S/C22H27F5N2O3/c1-20(2,3)32-19(31)28-10-9-15(11-17(28)14-7-5-4-6-8-14)29(18(30)22(25,26)27)16-12-21(23,24)13-16/h4-8,15-17H,9-13H2,1-3H3/t15?,17-/m0/s1. The number of amides is 2. The summed E-state index contributed by atoms with van der Waals surface area (Å²) in [5.41, 5.74) is -0.105. The molecule has 10 heteroatoms. The van der Waals surface area contributed by atoms with Crippen LogP contribution >= 0.6 is 0 Å². The van der Waals surface area contributed by atoms with Crippen LogP contribution in [-0.2, 0) is 9.53 Å². The summed E-state index contributed by atoms with van der Waals surface area (Å²) in [6.45, 7) is 5.14. The molecule has 0 radical (unpaired) electrons. The number of rotatable bonds is 3. The van der Waals surface area contributed by atoms with Crippen LogP contribution in [0.2, 0.25) is 0 Å². The van der Waals surface area contributed by atoms with Gasteiger partial charge in [-0.15, -0.1) is 0 Å². The maximum Gasteiger partial charge on any atom is 0.471 e. The number of piperidine rings is 1. The highest BCUT2D eigenvalue weighted by atomic mass is 19.4. The number of halogens is 5. The Morgan fingerprint density at radius 2 is 1.66 bits per heavy atom. The Hall–Kier alpha value is -2.39. The number of carbonyl (C=O) groups is 2. The molecule has 0 N–H and O–H groups in total. The van der Waals surface area contributed by atoms with E-state index in [0.29, 0.717) is 10.5 Å². The summed E-state index contributed by atoms with van der Waals surface area (Å²) >= 11 is 0. The SMILES string of the molecule is CC(C)(C)OC(=O)N1CCC(N(C(=O)C(F)(F)F)C2CC(F)(F)C2)C[C@H]1c1ccccc1. The van der Waals surface area contributed by atoms with Gasteiger partial charge in [-0.25, -0.2) is 13.6 Å². The van der Waals surface area contributed by atoms with E-state index in [1.54, 1.807) is 51.1 Å². The zero-order valence-corrected chi connectivity index (χ0v) is 18.2. The minimum Gasteiger partial charge on any atom is -0.444 e. The summed E-state index contributed by atoms with van der Waals surface area (Å²) in [6, 6.07) is 5.92. The number of likely N-dealkylation sites (tertiary alicyclic amines) is 1. The van der Waals surface area contributed by atoms with Crippen LogP contribution in [0.25, 0.3) is 0 Å². The number of hydrogen-bond donors (Lipinski definition) is 0. The fourth-order valence-electron chi connectivity index (χ4n) is 4.33. The van der Waals surface area contributed by atoms with Crippen LogP contribution in [-0.4, -0.2) is 58.1 Å². The first-order valence-electron chi connectivity index (χ1n) is 10.5. The predicted octanol–water partition coefficient (Wildman–Crippen LogP) is 5.32. The molecule has 0 aromatic heterocycles. The van der Waals surface area contributed by atoms with Gasteiger partial charge in [0, 0.05) is 31.5 Å². The van der Waals surface area contributed by atoms with Gasteiger partial charge in [0.25, 0.3) is 5.92 Å². The molecule has 0 bridgehead atoms. The van der Waals surface area contributed by atoms with Crippen molar-refractivity contribution in [1.82, 2.24) is 9.80 Å². The van der Waals surface area contributed by atoms with Crippen LogP contribution in [0.4, 0.5) is 26.7 Å². The lowest BCUT2D eigenvalue weighted by Crippen LogP contribution is -2.61. The smallest absolute Gasteiger partial charge is 0.444 e. The van der Waals surface area contributed by atoms with Crippen molar-refractivity contribution in [1.29, 1.82) is 0 Å². The van der Waals surface area contributed by atoms with Gasteiger partial charge in [0.2, 0.25) is 0 Å². The summed E-state index contributed by atoms with van der Waals surface area (Å²) in [4.78, 5) is 27.0. The Morgan fingerprint density at radius 3 is 2.16 bits per heavy atom. The van der Waals surface area contributed by atoms with Crippen molar-refractivity contribution in [3.63, 3.8) is 0 Å². The van der Waals surface area contributed by atoms with Gasteiger partial charge in [-0.1, -0.05) is 30.3 Å². The van der Waals surface area contributed by atoms with Crippen LogP contribution in [0.1, 0.15) is 58.1 Å². The van der Waals surface area contributed by atoms with Gasteiger partial charge >= 0.3 is 18.2 Å². The van der Waals surface area contributed by atoms with Gasteiger partial charge in [-0.2, -0.15) is 13.2 Å². The van der Waals surface area contributed by atoms with Gasteiger partial charge in [0.15, 0.2) is 0 Å². The first-order valence-corrected chi connectivity index (χ1v) is 10.5. The second-order valence-corrected chi connectivity index (χ2v) is 9.41. The summed E-state index contributed by atoms with van der Waals surface area (Å²) < 4.78 is 72.3. The van der Waals surface area contributed by atoms with Crippen LogP contribution < -0.4 is 0 Å². The van der Waals surface area contributed by atoms with Crippen molar-refractivity contribution >= 4 is 12.0 Å². The van der Waals surface area contributed by atoms with E-state index in [1.807, 2.05) is 0 Å². The van der Waals surface area contributed by atoms with Crippen molar-refractivity contribution in [3.8, 4) is 0 Å². The molecule has 32 heavy (non-hydrogen) atoms. The zero-order valence-electron chi connectivity index (χ0n) is 18.2. The van der Waals surface area contributed by atoms with Gasteiger partial charge in [0.1, 0.15) is 5.60 Å². The Balaban J connectivity index is 1.89. The fourth-order valence-corrected chi connectivity index (χ4v) is 4.33. The molecular weight excluding hydrogens is 435 g/mol. The highest BCUT2D eigenvalue weighted by molar-refractivity contribution is 5.82. The molecule has 1 aliphatic carbocycles. The summed E-state index contributed by atoms with van der Waals surface area (Å²) in [5, 5.41) is 0. The van der Waals surface area contributed by atoms with Crippen molar-refractivity contribution in [2.24, 2.45) is 0 Å². The summed E-state index contributed by atoms with van der Waals surface area (Å²) in [6.07, 6.45) is -7.35. The number of ether oxygens (including phenoxy) is 1. The zero-order chi connectivity index (χ0) is 23.9. The molecule has 1 aromatic carbocycles. The van der Waals surface area contributed by atoms with Crippen LogP contribution in [0.5, 0.6) is 0 Å². The fraction of sp³-hybridized carbons (Fsp3) is 0.636. The van der Waals surface area contributed by atoms with E-state index in [-0.39, 0.29) is 19.4 Å². The van der Waals surface area contributed by atoms with Crippen LogP contribution in [0, 0.1) is 0 Å². The molecule has 178 valence electrons. The van der Waals surface area contributed by atoms with Crippen LogP contribution in [0.3, 0.4) is 0 Å². The van der Waals surface area contributed by atoms with Gasteiger partial charge in [-0.05, 0) is 39.2 Å². The first kappa shape index (κ1) is 24.3. The molecule has 5 nitrogen and oxygen atoms in total. The van der Waals surface area contributed by atoms with Crippen molar-refractivity contribution in [3.05, 3.63) is 35.9 Å². The second kappa shape index (κ2) is 8.51. The molecule has 2 fully saturated rings. The Bertz CT molecular complexity index is 830. The summed E-state index contributed by atoms with van der Waals surface area (Å²) in [5.74, 6) is -5.19. The van der Waals surface area contributed by atoms with Crippen molar-refractivity contribution in [2.45, 2.75) is 82.3 Å². The Kier molecular flexibility index (Phi) is 6.45. The van der Waals surface area contributed by atoms with Crippen molar-refractivity contribution < 1.29 is 36.3 Å². The topological polar surface area (TPSA) is 49.9 Å². The molecular formula is C22H27F5N2O3. The Morgan fingerprint density at radius 1 is 1.06 bits per heavy atom. The molecule has 0 spiro atoms. The third kappa shape index (κ3) is 5.50. The lowest BCUT2D eigenvalue weighted by molar-refractivity contribution is -0.204. The monoisotopic (exact) mass is 462 g/mol. The molecule has 2 amide bonds. The molecule has 1 saturated heterocycles. The van der Waals surface area contributed by atoms with E-state index in [2.05, 4.69) is 0 Å². The van der Waals surface area contributed by atoms with Crippen LogP contribution in [0.15, 0.2) is 30.3 Å². The molecule has 1 saturated carbocycles. The van der Waals surface area contributed by atoms with Gasteiger partial charge in [-0.3, -0.25) is 4.79 Å². The number of alkyl halides is 5. The first-order chi connectivity index (χ1) is 14.7. The number of hydrogen-bond acceptors (Lipinski definition) is 3. The summed E-state index contributed by atoms with van der Waals surface area (Å²) in [7, 11) is 0. The number of nitrogens with zero attached hydrogens (tertiary/aromatic N) is 2. The van der Waals surface area contributed by atoms with Crippen molar-refractivity contribution in [2.75, 3.05) is 6.54 Å². The molecule has 1 aromatic rings. The van der Waals surface area contributed by atoms with Gasteiger partial charge in [0.05, 0.1) is 6.04 Å². The van der Waals surface area contributed by atoms with E-state index in [4.69, 9.17) is 4.74 Å². The lowest BCUT2D eigenvalue weighted by atomic mass is 9.83. The molecule has 1 aliphatic heterocycles. The van der Waals surface area contributed by atoms with Gasteiger partial charge < -0.3 is 14.5 Å². The van der Waals surface area contributed by atoms with E-state index in [1.165, 1.54) is 4.90 Å². The minimum absolute atomic E-state index is 0.00680. The minimum atomic E-state index is -5.17.